The zero-order chi connectivity index (χ0) is 14.3. The van der Waals surface area contributed by atoms with Gasteiger partial charge in [0, 0.05) is 11.8 Å². The van der Waals surface area contributed by atoms with Crippen LogP contribution >= 0.6 is 0 Å². The summed E-state index contributed by atoms with van der Waals surface area (Å²) in [7, 11) is -3.20. The Labute approximate surface area is 117 Å². The Morgan fingerprint density at radius 1 is 1.05 bits per heavy atom. The predicted octanol–water partition coefficient (Wildman–Crippen LogP) is 2.94. The van der Waals surface area contributed by atoms with Crippen LogP contribution in [-0.4, -0.2) is 24.6 Å². The van der Waals surface area contributed by atoms with Crippen LogP contribution < -0.4 is 0 Å². The number of hydrogen-bond donors (Lipinski definition) is 1. The van der Waals surface area contributed by atoms with Gasteiger partial charge in [-0.05, 0) is 25.1 Å². The molecule has 0 spiro atoms. The zero-order valence-corrected chi connectivity index (χ0v) is 12.0. The van der Waals surface area contributed by atoms with Gasteiger partial charge in [0.2, 0.25) is 0 Å². The summed E-state index contributed by atoms with van der Waals surface area (Å²) >= 11 is 0. The number of rotatable bonds is 2. The Balaban J connectivity index is 2.13. The van der Waals surface area contributed by atoms with Crippen LogP contribution in [0.5, 0.6) is 0 Å². The van der Waals surface area contributed by atoms with Crippen molar-refractivity contribution in [3.05, 3.63) is 48.0 Å². The first-order chi connectivity index (χ1) is 9.43. The van der Waals surface area contributed by atoms with Gasteiger partial charge in [-0.3, -0.25) is 0 Å². The van der Waals surface area contributed by atoms with Gasteiger partial charge in [0.1, 0.15) is 5.82 Å². The summed E-state index contributed by atoms with van der Waals surface area (Å²) in [4.78, 5) is 7.95. The van der Waals surface area contributed by atoms with E-state index in [2.05, 4.69) is 9.97 Å². The van der Waals surface area contributed by atoms with Crippen molar-refractivity contribution in [2.75, 3.05) is 6.26 Å². The third-order valence-electron chi connectivity index (χ3n) is 3.21. The van der Waals surface area contributed by atoms with E-state index in [1.807, 2.05) is 31.2 Å². The van der Waals surface area contributed by atoms with Crippen LogP contribution in [0.25, 0.3) is 22.4 Å². The number of imidazole rings is 1. The summed E-state index contributed by atoms with van der Waals surface area (Å²) in [6.45, 7) is 2.03. The lowest BCUT2D eigenvalue weighted by Crippen LogP contribution is -1.96. The quantitative estimate of drug-likeness (QED) is 0.787. The minimum absolute atomic E-state index is 0.295. The molecule has 1 heterocycles. The maximum absolute atomic E-state index is 11.6. The number of aryl methyl sites for hydroxylation is 1. The van der Waals surface area contributed by atoms with E-state index in [4.69, 9.17) is 0 Å². The highest BCUT2D eigenvalue weighted by atomic mass is 32.2. The van der Waals surface area contributed by atoms with Crippen LogP contribution in [0.4, 0.5) is 0 Å². The molecule has 0 aliphatic carbocycles. The molecule has 0 saturated heterocycles. The van der Waals surface area contributed by atoms with Crippen molar-refractivity contribution in [2.45, 2.75) is 11.8 Å². The highest BCUT2D eigenvalue weighted by Gasteiger charge is 2.10. The lowest BCUT2D eigenvalue weighted by molar-refractivity contribution is 0.602. The molecule has 3 aromatic rings. The van der Waals surface area contributed by atoms with E-state index in [0.717, 1.165) is 22.4 Å². The molecule has 1 aromatic heterocycles. The van der Waals surface area contributed by atoms with Crippen LogP contribution in [0, 0.1) is 6.92 Å². The van der Waals surface area contributed by atoms with Crippen LogP contribution in [0.3, 0.4) is 0 Å². The Morgan fingerprint density at radius 3 is 2.40 bits per heavy atom. The average molecular weight is 286 g/mol. The molecule has 3 rings (SSSR count). The summed E-state index contributed by atoms with van der Waals surface area (Å²) in [6.07, 6.45) is 1.20. The van der Waals surface area contributed by atoms with Gasteiger partial charge in [-0.25, -0.2) is 13.4 Å². The van der Waals surface area contributed by atoms with Crippen molar-refractivity contribution in [3.63, 3.8) is 0 Å². The second-order valence-corrected chi connectivity index (χ2v) is 6.92. The fraction of sp³-hybridized carbons (Fsp3) is 0.133. The maximum Gasteiger partial charge on any atom is 0.175 e. The van der Waals surface area contributed by atoms with Crippen molar-refractivity contribution >= 4 is 20.9 Å². The molecule has 0 saturated carbocycles. The minimum Gasteiger partial charge on any atom is -0.338 e. The molecule has 0 radical (unpaired) electrons. The minimum atomic E-state index is -3.20. The second kappa shape index (κ2) is 4.45. The van der Waals surface area contributed by atoms with E-state index in [1.54, 1.807) is 18.2 Å². The lowest BCUT2D eigenvalue weighted by atomic mass is 10.1. The summed E-state index contributed by atoms with van der Waals surface area (Å²) in [5.41, 5.74) is 3.65. The summed E-state index contributed by atoms with van der Waals surface area (Å²) in [5, 5.41) is 0. The number of nitrogens with one attached hydrogen (secondary N) is 1. The molecule has 20 heavy (non-hydrogen) atoms. The molecule has 0 unspecified atom stereocenters. The molecule has 0 fully saturated rings. The molecule has 102 valence electrons. The molecule has 4 nitrogen and oxygen atoms in total. The molecule has 2 aromatic carbocycles. The third kappa shape index (κ3) is 2.32. The standard InChI is InChI=1S/C15H14N2O2S/c1-10-3-5-11(6-4-10)15-16-13-8-7-12(20(2,18)19)9-14(13)17-15/h3-9H,1-2H3,(H,16,17). The van der Waals surface area contributed by atoms with Gasteiger partial charge in [0.15, 0.2) is 9.84 Å². The topological polar surface area (TPSA) is 62.8 Å². The van der Waals surface area contributed by atoms with Gasteiger partial charge >= 0.3 is 0 Å². The van der Waals surface area contributed by atoms with Crippen LogP contribution in [0.1, 0.15) is 5.56 Å². The van der Waals surface area contributed by atoms with E-state index in [9.17, 15) is 8.42 Å². The van der Waals surface area contributed by atoms with Crippen molar-refractivity contribution < 1.29 is 8.42 Å². The van der Waals surface area contributed by atoms with Gasteiger partial charge < -0.3 is 4.98 Å². The number of aromatic amines is 1. The van der Waals surface area contributed by atoms with Crippen LogP contribution in [-0.2, 0) is 9.84 Å². The highest BCUT2D eigenvalue weighted by Crippen LogP contribution is 2.23. The van der Waals surface area contributed by atoms with Gasteiger partial charge in [-0.2, -0.15) is 0 Å². The van der Waals surface area contributed by atoms with E-state index < -0.39 is 9.84 Å². The number of fused-ring (bicyclic) bond motifs is 1. The Kier molecular flexibility index (Phi) is 2.87. The summed E-state index contributed by atoms with van der Waals surface area (Å²) in [6, 6.07) is 12.9. The SMILES string of the molecule is Cc1ccc(-c2nc3ccc(S(C)(=O)=O)cc3[nH]2)cc1. The largest absolute Gasteiger partial charge is 0.338 e. The fourth-order valence-electron chi connectivity index (χ4n) is 2.07. The predicted molar refractivity (Wildman–Crippen MR) is 79.4 cm³/mol. The number of hydrogen-bond acceptors (Lipinski definition) is 3. The molecule has 0 amide bonds. The van der Waals surface area contributed by atoms with Crippen LogP contribution in [0.2, 0.25) is 0 Å². The normalized spacial score (nSPS) is 11.9. The Morgan fingerprint density at radius 2 is 1.75 bits per heavy atom. The monoisotopic (exact) mass is 286 g/mol. The molecular formula is C15H14N2O2S. The smallest absolute Gasteiger partial charge is 0.175 e. The number of aromatic nitrogens is 2. The second-order valence-electron chi connectivity index (χ2n) is 4.90. The van der Waals surface area contributed by atoms with Crippen molar-refractivity contribution in [2.24, 2.45) is 0 Å². The maximum atomic E-state index is 11.6. The Hall–Kier alpha value is -2.14. The van der Waals surface area contributed by atoms with Gasteiger partial charge in [0.05, 0.1) is 15.9 Å². The average Bonchev–Trinajstić information content (AvgIpc) is 2.81. The molecule has 0 bridgehead atoms. The lowest BCUT2D eigenvalue weighted by Gasteiger charge is -1.97. The van der Waals surface area contributed by atoms with Gasteiger partial charge in [-0.15, -0.1) is 0 Å². The molecule has 5 heteroatoms. The third-order valence-corrected chi connectivity index (χ3v) is 4.32. The first-order valence-electron chi connectivity index (χ1n) is 6.20. The molecule has 0 atom stereocenters. The molecule has 0 aliphatic heterocycles. The molecule has 0 aliphatic rings. The van der Waals surface area contributed by atoms with Crippen molar-refractivity contribution in [1.29, 1.82) is 0 Å². The number of benzene rings is 2. The number of sulfone groups is 1. The van der Waals surface area contributed by atoms with E-state index in [1.165, 1.54) is 11.8 Å². The first kappa shape index (κ1) is 12.9. The fourth-order valence-corrected chi connectivity index (χ4v) is 2.71. The van der Waals surface area contributed by atoms with E-state index in [-0.39, 0.29) is 0 Å². The van der Waals surface area contributed by atoms with Crippen molar-refractivity contribution in [1.82, 2.24) is 9.97 Å². The Bertz CT molecular complexity index is 878. The zero-order valence-electron chi connectivity index (χ0n) is 11.2. The van der Waals surface area contributed by atoms with Gasteiger partial charge in [-0.1, -0.05) is 29.8 Å². The van der Waals surface area contributed by atoms with Crippen LogP contribution in [0.15, 0.2) is 47.4 Å². The summed E-state index contributed by atoms with van der Waals surface area (Å²) < 4.78 is 23.1. The van der Waals surface area contributed by atoms with Crippen molar-refractivity contribution in [3.8, 4) is 11.4 Å². The number of nitrogens with zero attached hydrogens (tertiary/aromatic N) is 1. The van der Waals surface area contributed by atoms with Gasteiger partial charge in [0.25, 0.3) is 0 Å². The number of H-pyrrole nitrogens is 1. The first-order valence-corrected chi connectivity index (χ1v) is 8.09. The van der Waals surface area contributed by atoms with E-state index >= 15 is 0 Å². The molecular weight excluding hydrogens is 272 g/mol. The highest BCUT2D eigenvalue weighted by molar-refractivity contribution is 7.90. The van der Waals surface area contributed by atoms with E-state index in [0.29, 0.717) is 4.90 Å². The molecule has 1 N–H and O–H groups in total. The summed E-state index contributed by atoms with van der Waals surface area (Å²) in [5.74, 6) is 0.741.